The molecule has 5 nitrogen and oxygen atoms in total. The second-order valence-corrected chi connectivity index (χ2v) is 6.23. The molecule has 0 radical (unpaired) electrons. The van der Waals surface area contributed by atoms with E-state index >= 15 is 0 Å². The molecule has 0 fully saturated rings. The van der Waals surface area contributed by atoms with Gasteiger partial charge in [-0.3, -0.25) is 0 Å². The molecule has 0 atom stereocenters. The number of hydrogen-bond donors (Lipinski definition) is 1. The summed E-state index contributed by atoms with van der Waals surface area (Å²) in [7, 11) is 0. The molecule has 2 heterocycles. The van der Waals surface area contributed by atoms with Crippen molar-refractivity contribution in [3.8, 4) is 17.0 Å². The highest BCUT2D eigenvalue weighted by Gasteiger charge is 2.16. The summed E-state index contributed by atoms with van der Waals surface area (Å²) in [5.41, 5.74) is 2.43. The van der Waals surface area contributed by atoms with E-state index in [0.717, 1.165) is 27.0 Å². The van der Waals surface area contributed by atoms with Gasteiger partial charge in [-0.05, 0) is 45.0 Å². The van der Waals surface area contributed by atoms with E-state index in [4.69, 9.17) is 4.74 Å². The minimum atomic E-state index is -0.0933. The number of aliphatic hydroxyl groups is 1. The summed E-state index contributed by atoms with van der Waals surface area (Å²) in [4.78, 5) is 5.38. The maximum absolute atomic E-state index is 9.63. The third kappa shape index (κ3) is 2.64. The molecule has 21 heavy (non-hydrogen) atoms. The Hall–Kier alpha value is -1.92. The fraction of sp³-hybridized carbons (Fsp3) is 0.333. The SMILES string of the molecule is Cc1nn2c(CO)c(-c3ccc(OC(C)C)cc3)nc2s1. The van der Waals surface area contributed by atoms with Crippen molar-refractivity contribution in [2.75, 3.05) is 0 Å². The Kier molecular flexibility index (Phi) is 3.65. The van der Waals surface area contributed by atoms with Gasteiger partial charge in [-0.2, -0.15) is 5.10 Å². The van der Waals surface area contributed by atoms with E-state index < -0.39 is 0 Å². The third-order valence-corrected chi connectivity index (χ3v) is 3.87. The summed E-state index contributed by atoms with van der Waals surface area (Å²) in [6, 6.07) is 7.75. The maximum Gasteiger partial charge on any atom is 0.213 e. The van der Waals surface area contributed by atoms with Crippen molar-refractivity contribution in [1.82, 2.24) is 14.6 Å². The molecule has 2 aromatic heterocycles. The normalized spacial score (nSPS) is 11.5. The Morgan fingerprint density at radius 3 is 2.62 bits per heavy atom. The van der Waals surface area contributed by atoms with Crippen LogP contribution in [0.4, 0.5) is 0 Å². The van der Waals surface area contributed by atoms with Gasteiger partial charge in [-0.25, -0.2) is 9.50 Å². The zero-order valence-corrected chi connectivity index (χ0v) is 13.0. The average Bonchev–Trinajstić information content (AvgIpc) is 2.94. The number of aromatic nitrogens is 3. The van der Waals surface area contributed by atoms with Crippen LogP contribution in [0.15, 0.2) is 24.3 Å². The summed E-state index contributed by atoms with van der Waals surface area (Å²) in [6.45, 7) is 5.83. The molecule has 1 N–H and O–H groups in total. The molecule has 0 bridgehead atoms. The molecule has 3 aromatic rings. The number of rotatable bonds is 4. The van der Waals surface area contributed by atoms with Gasteiger partial charge in [-0.15, -0.1) is 0 Å². The van der Waals surface area contributed by atoms with Gasteiger partial charge in [0.15, 0.2) is 0 Å². The van der Waals surface area contributed by atoms with E-state index in [2.05, 4.69) is 10.1 Å². The highest BCUT2D eigenvalue weighted by Crippen LogP contribution is 2.28. The van der Waals surface area contributed by atoms with Crippen LogP contribution in [0.2, 0.25) is 0 Å². The maximum atomic E-state index is 9.63. The second-order valence-electron chi connectivity index (χ2n) is 5.07. The van der Waals surface area contributed by atoms with Crippen LogP contribution in [0.1, 0.15) is 24.5 Å². The van der Waals surface area contributed by atoms with Gasteiger partial charge in [0.25, 0.3) is 0 Å². The molecule has 6 heteroatoms. The standard InChI is InChI=1S/C15H17N3O2S/c1-9(2)20-12-6-4-11(5-7-12)14-13(8-19)18-15(16-14)21-10(3)17-18/h4-7,9,19H,8H2,1-3H3. The number of ether oxygens (including phenoxy) is 1. The van der Waals surface area contributed by atoms with Crippen molar-refractivity contribution in [2.45, 2.75) is 33.5 Å². The zero-order valence-electron chi connectivity index (χ0n) is 12.2. The number of aliphatic hydroxyl groups excluding tert-OH is 1. The fourth-order valence-corrected chi connectivity index (χ4v) is 2.98. The molecule has 0 saturated heterocycles. The molecule has 3 rings (SSSR count). The molecule has 0 aliphatic heterocycles. The monoisotopic (exact) mass is 303 g/mol. The minimum absolute atomic E-state index is 0.0933. The number of nitrogens with zero attached hydrogens (tertiary/aromatic N) is 3. The van der Waals surface area contributed by atoms with Crippen molar-refractivity contribution in [2.24, 2.45) is 0 Å². The summed E-state index contributed by atoms with van der Waals surface area (Å²) >= 11 is 1.51. The quantitative estimate of drug-likeness (QED) is 0.805. The van der Waals surface area contributed by atoms with Crippen LogP contribution >= 0.6 is 11.3 Å². The topological polar surface area (TPSA) is 59.7 Å². The van der Waals surface area contributed by atoms with Crippen molar-refractivity contribution < 1.29 is 9.84 Å². The lowest BCUT2D eigenvalue weighted by Crippen LogP contribution is -2.05. The molecule has 0 saturated carbocycles. The second kappa shape index (κ2) is 5.46. The Morgan fingerprint density at radius 1 is 1.29 bits per heavy atom. The van der Waals surface area contributed by atoms with E-state index in [1.165, 1.54) is 11.3 Å². The van der Waals surface area contributed by atoms with E-state index in [1.807, 2.05) is 45.0 Å². The number of benzene rings is 1. The van der Waals surface area contributed by atoms with E-state index in [1.54, 1.807) is 4.52 Å². The first-order valence-corrected chi connectivity index (χ1v) is 7.63. The molecule has 0 unspecified atom stereocenters. The predicted molar refractivity (Wildman–Crippen MR) is 82.7 cm³/mol. The van der Waals surface area contributed by atoms with E-state index in [9.17, 15) is 5.11 Å². The molecular weight excluding hydrogens is 286 g/mol. The summed E-state index contributed by atoms with van der Waals surface area (Å²) in [5, 5.41) is 14.9. The fourth-order valence-electron chi connectivity index (χ4n) is 2.22. The molecule has 0 amide bonds. The first kappa shape index (κ1) is 14.0. The molecule has 0 aliphatic rings. The van der Waals surface area contributed by atoms with Crippen LogP contribution in [0.25, 0.3) is 16.2 Å². The average molecular weight is 303 g/mol. The van der Waals surface area contributed by atoms with Gasteiger partial charge in [0.05, 0.1) is 24.1 Å². The van der Waals surface area contributed by atoms with Crippen molar-refractivity contribution in [3.05, 3.63) is 35.0 Å². The van der Waals surface area contributed by atoms with Gasteiger partial charge >= 0.3 is 0 Å². The first-order chi connectivity index (χ1) is 10.1. The van der Waals surface area contributed by atoms with Crippen molar-refractivity contribution >= 4 is 16.3 Å². The third-order valence-electron chi connectivity index (χ3n) is 3.05. The summed E-state index contributed by atoms with van der Waals surface area (Å²) < 4.78 is 7.35. The van der Waals surface area contributed by atoms with Crippen molar-refractivity contribution in [3.63, 3.8) is 0 Å². The number of imidazole rings is 1. The lowest BCUT2D eigenvalue weighted by Gasteiger charge is -2.09. The molecular formula is C15H17N3O2S. The van der Waals surface area contributed by atoms with E-state index in [-0.39, 0.29) is 12.7 Å². The largest absolute Gasteiger partial charge is 0.491 e. The van der Waals surface area contributed by atoms with Crippen molar-refractivity contribution in [1.29, 1.82) is 0 Å². The number of fused-ring (bicyclic) bond motifs is 1. The van der Waals surface area contributed by atoms with E-state index in [0.29, 0.717) is 5.69 Å². The predicted octanol–water partition coefficient (Wildman–Crippen LogP) is 3.05. The summed E-state index contributed by atoms with van der Waals surface area (Å²) in [5.74, 6) is 0.828. The first-order valence-electron chi connectivity index (χ1n) is 6.81. The van der Waals surface area contributed by atoms with Gasteiger partial charge < -0.3 is 9.84 Å². The van der Waals surface area contributed by atoms with Crippen LogP contribution in [-0.2, 0) is 6.61 Å². The van der Waals surface area contributed by atoms with Gasteiger partial charge in [0.2, 0.25) is 4.96 Å². The minimum Gasteiger partial charge on any atom is -0.491 e. The molecule has 0 aliphatic carbocycles. The lowest BCUT2D eigenvalue weighted by atomic mass is 10.1. The Bertz CT molecular complexity index is 759. The van der Waals surface area contributed by atoms with Crippen LogP contribution in [-0.4, -0.2) is 25.8 Å². The number of hydrogen-bond acceptors (Lipinski definition) is 5. The summed E-state index contributed by atoms with van der Waals surface area (Å²) in [6.07, 6.45) is 0.147. The van der Waals surface area contributed by atoms with Gasteiger partial charge in [-0.1, -0.05) is 11.3 Å². The molecule has 110 valence electrons. The van der Waals surface area contributed by atoms with Crippen LogP contribution in [0.5, 0.6) is 5.75 Å². The highest BCUT2D eigenvalue weighted by atomic mass is 32.1. The Morgan fingerprint density at radius 2 is 2.00 bits per heavy atom. The smallest absolute Gasteiger partial charge is 0.213 e. The molecule has 0 spiro atoms. The number of aryl methyl sites for hydroxylation is 1. The zero-order chi connectivity index (χ0) is 15.0. The highest BCUT2D eigenvalue weighted by molar-refractivity contribution is 7.16. The van der Waals surface area contributed by atoms with Gasteiger partial charge in [0, 0.05) is 5.56 Å². The lowest BCUT2D eigenvalue weighted by molar-refractivity contribution is 0.242. The Labute approximate surface area is 126 Å². The molecule has 1 aromatic carbocycles. The van der Waals surface area contributed by atoms with Crippen LogP contribution in [0, 0.1) is 6.92 Å². The van der Waals surface area contributed by atoms with Crippen LogP contribution < -0.4 is 4.74 Å². The van der Waals surface area contributed by atoms with Crippen LogP contribution in [0.3, 0.4) is 0 Å². The van der Waals surface area contributed by atoms with Gasteiger partial charge in [0.1, 0.15) is 10.8 Å². The Balaban J connectivity index is 2.01.